The summed E-state index contributed by atoms with van der Waals surface area (Å²) in [5.74, 6) is 0.981. The molecule has 1 aromatic rings. The van der Waals surface area contributed by atoms with E-state index in [1.165, 1.54) is 0 Å². The van der Waals surface area contributed by atoms with Gasteiger partial charge in [-0.05, 0) is 25.7 Å². The van der Waals surface area contributed by atoms with E-state index in [9.17, 15) is 8.42 Å². The highest BCUT2D eigenvalue weighted by molar-refractivity contribution is 7.86. The number of nitrogens with zero attached hydrogens (tertiary/aromatic N) is 4. The summed E-state index contributed by atoms with van der Waals surface area (Å²) >= 11 is 0. The van der Waals surface area contributed by atoms with Crippen LogP contribution in [-0.4, -0.2) is 46.8 Å². The zero-order valence-electron chi connectivity index (χ0n) is 13.1. The molecule has 2 fully saturated rings. The molecule has 0 spiro atoms. The van der Waals surface area contributed by atoms with Crippen LogP contribution in [0.25, 0.3) is 0 Å². The van der Waals surface area contributed by atoms with E-state index >= 15 is 0 Å². The summed E-state index contributed by atoms with van der Waals surface area (Å²) in [4.78, 5) is 4.28. The van der Waals surface area contributed by atoms with Crippen molar-refractivity contribution in [2.24, 2.45) is 0 Å². The Morgan fingerprint density at radius 2 is 1.73 bits per heavy atom. The van der Waals surface area contributed by atoms with Crippen LogP contribution in [-0.2, 0) is 10.2 Å². The van der Waals surface area contributed by atoms with Gasteiger partial charge < -0.3 is 4.52 Å². The number of hydrogen-bond acceptors (Lipinski definition) is 5. The van der Waals surface area contributed by atoms with Crippen molar-refractivity contribution in [2.45, 2.75) is 57.9 Å². The molecule has 0 saturated carbocycles. The van der Waals surface area contributed by atoms with Crippen molar-refractivity contribution < 1.29 is 12.9 Å². The summed E-state index contributed by atoms with van der Waals surface area (Å²) < 4.78 is 34.4. The van der Waals surface area contributed by atoms with Gasteiger partial charge in [0, 0.05) is 26.6 Å². The van der Waals surface area contributed by atoms with E-state index in [0.717, 1.165) is 44.9 Å². The van der Waals surface area contributed by atoms with Gasteiger partial charge in [-0.15, -0.1) is 0 Å². The average Bonchev–Trinajstić information content (AvgIpc) is 2.81. The Labute approximate surface area is 131 Å². The van der Waals surface area contributed by atoms with E-state index < -0.39 is 10.2 Å². The van der Waals surface area contributed by atoms with E-state index in [1.54, 1.807) is 15.5 Å². The largest absolute Gasteiger partial charge is 0.340 e. The quantitative estimate of drug-likeness (QED) is 0.848. The fraction of sp³-hybridized carbons (Fsp3) is 0.857. The summed E-state index contributed by atoms with van der Waals surface area (Å²) in [5, 5.41) is 3.98. The summed E-state index contributed by atoms with van der Waals surface area (Å²) in [6.07, 6.45) is 6.67. The van der Waals surface area contributed by atoms with Crippen molar-refractivity contribution in [3.8, 4) is 0 Å². The Bertz CT molecular complexity index is 595. The van der Waals surface area contributed by atoms with Gasteiger partial charge in [0.25, 0.3) is 10.2 Å². The monoisotopic (exact) mass is 328 g/mol. The summed E-state index contributed by atoms with van der Waals surface area (Å²) in [7, 11) is -3.45. The second-order valence-corrected chi connectivity index (χ2v) is 8.00. The lowest BCUT2D eigenvalue weighted by atomic mass is 10.1. The molecule has 1 unspecified atom stereocenters. The van der Waals surface area contributed by atoms with Crippen LogP contribution in [0, 0.1) is 6.92 Å². The molecule has 7 nitrogen and oxygen atoms in total. The van der Waals surface area contributed by atoms with Crippen LogP contribution >= 0.6 is 0 Å². The topological polar surface area (TPSA) is 79.5 Å². The number of aromatic nitrogens is 2. The minimum Gasteiger partial charge on any atom is -0.340 e. The third-order valence-corrected chi connectivity index (χ3v) is 6.53. The predicted octanol–water partition coefficient (Wildman–Crippen LogP) is 2.03. The summed E-state index contributed by atoms with van der Waals surface area (Å²) in [6.45, 7) is 3.52. The number of rotatable bonds is 3. The lowest BCUT2D eigenvalue weighted by Gasteiger charge is -2.34. The van der Waals surface area contributed by atoms with Gasteiger partial charge in [0.15, 0.2) is 5.82 Å². The molecule has 0 bridgehead atoms. The molecular weight excluding hydrogens is 304 g/mol. The van der Waals surface area contributed by atoms with Gasteiger partial charge in [-0.3, -0.25) is 0 Å². The third-order valence-electron chi connectivity index (χ3n) is 4.48. The standard InChI is InChI=1S/C14H24N4O3S/c1-12-15-14(16-21-12)13-8-4-2-7-11-18(13)22(19,20)17-9-5-3-6-10-17/h13H,2-11H2,1H3. The zero-order valence-corrected chi connectivity index (χ0v) is 13.9. The molecule has 124 valence electrons. The molecule has 0 aliphatic carbocycles. The van der Waals surface area contributed by atoms with Gasteiger partial charge in [-0.2, -0.15) is 22.0 Å². The van der Waals surface area contributed by atoms with Crippen LogP contribution in [0.1, 0.15) is 62.7 Å². The molecule has 3 heterocycles. The lowest BCUT2D eigenvalue weighted by molar-refractivity contribution is 0.259. The Balaban J connectivity index is 1.89. The van der Waals surface area contributed by atoms with Gasteiger partial charge >= 0.3 is 0 Å². The first-order chi connectivity index (χ1) is 10.6. The molecule has 0 amide bonds. The molecule has 2 aliphatic heterocycles. The molecule has 0 radical (unpaired) electrons. The highest BCUT2D eigenvalue weighted by Crippen LogP contribution is 2.32. The molecule has 8 heteroatoms. The maximum atomic E-state index is 13.0. The molecule has 2 aliphatic rings. The first kappa shape index (κ1) is 15.9. The van der Waals surface area contributed by atoms with Gasteiger partial charge in [-0.1, -0.05) is 24.4 Å². The Morgan fingerprint density at radius 1 is 1.05 bits per heavy atom. The van der Waals surface area contributed by atoms with Crippen molar-refractivity contribution in [1.29, 1.82) is 0 Å². The van der Waals surface area contributed by atoms with Crippen LogP contribution in [0.5, 0.6) is 0 Å². The number of piperidine rings is 1. The van der Waals surface area contributed by atoms with Crippen molar-refractivity contribution in [1.82, 2.24) is 18.8 Å². The van der Waals surface area contributed by atoms with Gasteiger partial charge in [0.05, 0.1) is 6.04 Å². The molecular formula is C14H24N4O3S. The second-order valence-electron chi connectivity index (χ2n) is 6.11. The van der Waals surface area contributed by atoms with Crippen LogP contribution in [0.15, 0.2) is 4.52 Å². The van der Waals surface area contributed by atoms with E-state index in [2.05, 4.69) is 10.1 Å². The minimum absolute atomic E-state index is 0.299. The molecule has 0 N–H and O–H groups in total. The molecule has 1 aromatic heterocycles. The zero-order chi connectivity index (χ0) is 15.6. The summed E-state index contributed by atoms with van der Waals surface area (Å²) in [5.41, 5.74) is 0. The maximum absolute atomic E-state index is 13.0. The predicted molar refractivity (Wildman–Crippen MR) is 81.3 cm³/mol. The second kappa shape index (κ2) is 6.64. The molecule has 3 rings (SSSR count). The summed E-state index contributed by atoms with van der Waals surface area (Å²) in [6, 6.07) is -0.299. The first-order valence-corrected chi connectivity index (χ1v) is 9.56. The van der Waals surface area contributed by atoms with Crippen molar-refractivity contribution in [3.63, 3.8) is 0 Å². The fourth-order valence-electron chi connectivity index (χ4n) is 3.31. The Morgan fingerprint density at radius 3 is 2.41 bits per heavy atom. The highest BCUT2D eigenvalue weighted by atomic mass is 32.2. The number of hydrogen-bond donors (Lipinski definition) is 0. The lowest BCUT2D eigenvalue weighted by Crippen LogP contribution is -2.47. The SMILES string of the molecule is Cc1nc(C2CCCCCN2S(=O)(=O)N2CCCCC2)no1. The average molecular weight is 328 g/mol. The molecule has 2 saturated heterocycles. The van der Waals surface area contributed by atoms with Crippen LogP contribution in [0.4, 0.5) is 0 Å². The van der Waals surface area contributed by atoms with Crippen molar-refractivity contribution >= 4 is 10.2 Å². The van der Waals surface area contributed by atoms with E-state index in [4.69, 9.17) is 4.52 Å². The molecule has 22 heavy (non-hydrogen) atoms. The van der Waals surface area contributed by atoms with Gasteiger partial charge in [0.2, 0.25) is 5.89 Å². The fourth-order valence-corrected chi connectivity index (χ4v) is 5.21. The van der Waals surface area contributed by atoms with Crippen LogP contribution < -0.4 is 0 Å². The van der Waals surface area contributed by atoms with Gasteiger partial charge in [0.1, 0.15) is 0 Å². The van der Waals surface area contributed by atoms with Crippen LogP contribution in [0.3, 0.4) is 0 Å². The third kappa shape index (κ3) is 3.18. The molecule has 0 aromatic carbocycles. The van der Waals surface area contributed by atoms with E-state index in [1.807, 2.05) is 0 Å². The number of aryl methyl sites for hydroxylation is 1. The van der Waals surface area contributed by atoms with E-state index in [-0.39, 0.29) is 6.04 Å². The Hall–Kier alpha value is -0.990. The van der Waals surface area contributed by atoms with Crippen LogP contribution in [0.2, 0.25) is 0 Å². The molecule has 1 atom stereocenters. The van der Waals surface area contributed by atoms with E-state index in [0.29, 0.717) is 31.3 Å². The van der Waals surface area contributed by atoms with Crippen molar-refractivity contribution in [2.75, 3.05) is 19.6 Å². The maximum Gasteiger partial charge on any atom is 0.282 e. The highest BCUT2D eigenvalue weighted by Gasteiger charge is 2.38. The Kier molecular flexibility index (Phi) is 4.79. The van der Waals surface area contributed by atoms with Gasteiger partial charge in [-0.25, -0.2) is 0 Å². The minimum atomic E-state index is -3.45. The van der Waals surface area contributed by atoms with Crippen molar-refractivity contribution in [3.05, 3.63) is 11.7 Å². The first-order valence-electron chi connectivity index (χ1n) is 8.16. The normalized spacial score (nSPS) is 26.0. The smallest absolute Gasteiger partial charge is 0.282 e.